The van der Waals surface area contributed by atoms with Crippen molar-refractivity contribution >= 4 is 17.3 Å². The molecule has 0 bridgehead atoms. The molecule has 0 saturated heterocycles. The zero-order chi connectivity index (χ0) is 14.8. The van der Waals surface area contributed by atoms with Crippen LogP contribution >= 0.6 is 11.6 Å². The van der Waals surface area contributed by atoms with Crippen LogP contribution in [0.5, 0.6) is 5.75 Å². The number of benzene rings is 1. The molecule has 0 fully saturated rings. The molecule has 1 unspecified atom stereocenters. The fourth-order valence-electron chi connectivity index (χ4n) is 2.68. The first kappa shape index (κ1) is 14.2. The number of fused-ring (bicyclic) bond motifs is 1. The average molecular weight is 303 g/mol. The van der Waals surface area contributed by atoms with E-state index in [-0.39, 0.29) is 6.04 Å². The second kappa shape index (κ2) is 5.94. The summed E-state index contributed by atoms with van der Waals surface area (Å²) in [5.74, 6) is 1.03. The molecule has 2 aromatic rings. The Bertz CT molecular complexity index is 657. The summed E-state index contributed by atoms with van der Waals surface area (Å²) in [7, 11) is 0. The summed E-state index contributed by atoms with van der Waals surface area (Å²) in [6.07, 6.45) is 3.79. The summed E-state index contributed by atoms with van der Waals surface area (Å²) < 4.78 is 5.57. The Morgan fingerprint density at radius 1 is 1.38 bits per heavy atom. The van der Waals surface area contributed by atoms with Crippen LogP contribution < -0.4 is 10.1 Å². The van der Waals surface area contributed by atoms with Crippen molar-refractivity contribution in [3.05, 3.63) is 52.3 Å². The molecule has 1 aromatic heterocycles. The van der Waals surface area contributed by atoms with E-state index in [9.17, 15) is 0 Å². The molecule has 2 heterocycles. The number of nitrogens with one attached hydrogen (secondary N) is 1. The number of hydrogen-bond acceptors (Lipinski definition) is 3. The minimum absolute atomic E-state index is 0.262. The van der Waals surface area contributed by atoms with Gasteiger partial charge in [0.1, 0.15) is 10.9 Å². The third-order valence-electron chi connectivity index (χ3n) is 3.88. The Kier molecular flexibility index (Phi) is 4.02. The molecule has 0 amide bonds. The van der Waals surface area contributed by atoms with Gasteiger partial charge in [0.2, 0.25) is 0 Å². The predicted molar refractivity (Wildman–Crippen MR) is 86.3 cm³/mol. The van der Waals surface area contributed by atoms with E-state index in [0.29, 0.717) is 5.15 Å². The highest BCUT2D eigenvalue weighted by Gasteiger charge is 2.16. The summed E-state index contributed by atoms with van der Waals surface area (Å²) in [4.78, 5) is 4.20. The Labute approximate surface area is 130 Å². The first-order valence-electron chi connectivity index (χ1n) is 7.31. The van der Waals surface area contributed by atoms with Gasteiger partial charge in [0.15, 0.2) is 0 Å². The highest BCUT2D eigenvalue weighted by Crippen LogP contribution is 2.31. The summed E-state index contributed by atoms with van der Waals surface area (Å²) >= 11 is 5.98. The van der Waals surface area contributed by atoms with Gasteiger partial charge in [-0.3, -0.25) is 0 Å². The van der Waals surface area contributed by atoms with Crippen molar-refractivity contribution in [1.82, 2.24) is 4.98 Å². The Hall–Kier alpha value is -1.74. The van der Waals surface area contributed by atoms with E-state index in [1.165, 1.54) is 11.1 Å². The van der Waals surface area contributed by atoms with Crippen LogP contribution in [0.25, 0.3) is 0 Å². The van der Waals surface area contributed by atoms with Gasteiger partial charge in [0, 0.05) is 6.42 Å². The lowest BCUT2D eigenvalue weighted by molar-refractivity contribution is 0.357. The molecule has 110 valence electrons. The maximum Gasteiger partial charge on any atom is 0.132 e. The third-order valence-corrected chi connectivity index (χ3v) is 4.28. The van der Waals surface area contributed by atoms with E-state index >= 15 is 0 Å². The van der Waals surface area contributed by atoms with Crippen LogP contribution in [-0.4, -0.2) is 11.6 Å². The van der Waals surface area contributed by atoms with E-state index in [4.69, 9.17) is 16.3 Å². The van der Waals surface area contributed by atoms with Crippen molar-refractivity contribution < 1.29 is 4.74 Å². The Morgan fingerprint density at radius 3 is 3.00 bits per heavy atom. The number of nitrogens with zero attached hydrogens (tertiary/aromatic N) is 1. The fourth-order valence-corrected chi connectivity index (χ4v) is 2.79. The largest absolute Gasteiger partial charge is 0.493 e. The number of hydrogen-bond donors (Lipinski definition) is 1. The number of ether oxygens (including phenoxy) is 1. The van der Waals surface area contributed by atoms with Crippen LogP contribution in [0.1, 0.15) is 36.1 Å². The summed E-state index contributed by atoms with van der Waals surface area (Å²) in [5.41, 5.74) is 4.58. The highest BCUT2D eigenvalue weighted by molar-refractivity contribution is 6.30. The van der Waals surface area contributed by atoms with Crippen LogP contribution in [0.4, 0.5) is 5.69 Å². The molecule has 1 aliphatic heterocycles. The molecule has 0 radical (unpaired) electrons. The van der Waals surface area contributed by atoms with Crippen molar-refractivity contribution in [3.8, 4) is 5.75 Å². The van der Waals surface area contributed by atoms with Crippen LogP contribution in [0.2, 0.25) is 5.15 Å². The first-order valence-corrected chi connectivity index (χ1v) is 7.69. The second-order valence-corrected chi connectivity index (χ2v) is 5.76. The number of halogens is 1. The van der Waals surface area contributed by atoms with Gasteiger partial charge in [0.05, 0.1) is 24.5 Å². The van der Waals surface area contributed by atoms with Gasteiger partial charge in [-0.05, 0) is 48.2 Å². The summed E-state index contributed by atoms with van der Waals surface area (Å²) in [5, 5.41) is 4.10. The molecular weight excluding hydrogens is 284 g/mol. The smallest absolute Gasteiger partial charge is 0.132 e. The van der Waals surface area contributed by atoms with Crippen molar-refractivity contribution in [1.29, 1.82) is 0 Å². The van der Waals surface area contributed by atoms with Crippen molar-refractivity contribution in [3.63, 3.8) is 0 Å². The van der Waals surface area contributed by atoms with E-state index < -0.39 is 0 Å². The number of aryl methyl sites for hydroxylation is 1. The number of aromatic nitrogens is 1. The van der Waals surface area contributed by atoms with Crippen LogP contribution in [0, 0.1) is 6.92 Å². The van der Waals surface area contributed by atoms with Crippen molar-refractivity contribution in [2.45, 2.75) is 32.7 Å². The molecule has 21 heavy (non-hydrogen) atoms. The molecule has 1 atom stereocenters. The molecule has 0 saturated carbocycles. The van der Waals surface area contributed by atoms with Gasteiger partial charge in [-0.15, -0.1) is 0 Å². The van der Waals surface area contributed by atoms with Gasteiger partial charge in [-0.1, -0.05) is 24.6 Å². The Balaban J connectivity index is 1.83. The highest BCUT2D eigenvalue weighted by atomic mass is 35.5. The molecule has 4 heteroatoms. The number of rotatable bonds is 4. The van der Waals surface area contributed by atoms with E-state index in [2.05, 4.69) is 35.4 Å². The van der Waals surface area contributed by atoms with Crippen molar-refractivity contribution in [2.75, 3.05) is 11.9 Å². The maximum atomic E-state index is 5.98. The summed E-state index contributed by atoms with van der Waals surface area (Å²) in [6, 6.07) is 8.77. The molecular formula is C17H19ClN2O. The second-order valence-electron chi connectivity index (χ2n) is 5.40. The minimum Gasteiger partial charge on any atom is -0.493 e. The van der Waals surface area contributed by atoms with E-state index in [1.54, 1.807) is 6.20 Å². The lowest BCUT2D eigenvalue weighted by atomic mass is 10.0. The normalized spacial score (nSPS) is 14.4. The lowest BCUT2D eigenvalue weighted by Gasteiger charge is -2.19. The lowest BCUT2D eigenvalue weighted by Crippen LogP contribution is -2.10. The van der Waals surface area contributed by atoms with Gasteiger partial charge >= 0.3 is 0 Å². The van der Waals surface area contributed by atoms with E-state index in [0.717, 1.165) is 36.4 Å². The van der Waals surface area contributed by atoms with Crippen molar-refractivity contribution in [2.24, 2.45) is 0 Å². The van der Waals surface area contributed by atoms with Gasteiger partial charge in [-0.25, -0.2) is 4.98 Å². The monoisotopic (exact) mass is 302 g/mol. The first-order chi connectivity index (χ1) is 10.2. The predicted octanol–water partition coefficient (Wildman–Crippen LogP) is 4.54. The zero-order valence-electron chi connectivity index (χ0n) is 12.3. The van der Waals surface area contributed by atoms with Crippen LogP contribution in [0.15, 0.2) is 30.5 Å². The average Bonchev–Trinajstić information content (AvgIpc) is 2.95. The number of anilines is 1. The van der Waals surface area contributed by atoms with Gasteiger partial charge in [-0.2, -0.15) is 0 Å². The SMILES string of the molecule is CCC(Nc1cnc(Cl)c(C)c1)c1ccc2c(c1)CCO2. The molecule has 0 aliphatic carbocycles. The quantitative estimate of drug-likeness (QED) is 0.842. The molecule has 0 spiro atoms. The standard InChI is InChI=1S/C17H19ClN2O/c1-3-15(20-14-8-11(2)17(18)19-10-14)12-4-5-16-13(9-12)6-7-21-16/h4-5,8-10,15,20H,3,6-7H2,1-2H3. The number of pyridine rings is 1. The van der Waals surface area contributed by atoms with Gasteiger partial charge in [0.25, 0.3) is 0 Å². The molecule has 1 aromatic carbocycles. The molecule has 1 N–H and O–H groups in total. The minimum atomic E-state index is 0.262. The molecule has 1 aliphatic rings. The fraction of sp³-hybridized carbons (Fsp3) is 0.353. The maximum absolute atomic E-state index is 5.98. The summed E-state index contributed by atoms with van der Waals surface area (Å²) in [6.45, 7) is 4.94. The molecule has 3 nitrogen and oxygen atoms in total. The van der Waals surface area contributed by atoms with Gasteiger partial charge < -0.3 is 10.1 Å². The Morgan fingerprint density at radius 2 is 2.24 bits per heavy atom. The van der Waals surface area contributed by atoms with Crippen LogP contribution in [-0.2, 0) is 6.42 Å². The molecule has 3 rings (SSSR count). The van der Waals surface area contributed by atoms with E-state index in [1.807, 2.05) is 13.0 Å². The zero-order valence-corrected chi connectivity index (χ0v) is 13.1. The topological polar surface area (TPSA) is 34.2 Å². The third kappa shape index (κ3) is 2.98. The van der Waals surface area contributed by atoms with Crippen LogP contribution in [0.3, 0.4) is 0 Å².